The molecular weight excluding hydrogens is 793 g/mol. The van der Waals surface area contributed by atoms with E-state index in [0.717, 1.165) is 61.2 Å². The van der Waals surface area contributed by atoms with Crippen LogP contribution in [0.3, 0.4) is 0 Å². The average Bonchev–Trinajstić information content (AvgIpc) is 4.04. The van der Waals surface area contributed by atoms with Gasteiger partial charge in [-0.05, 0) is 132 Å². The van der Waals surface area contributed by atoms with E-state index in [9.17, 15) is 0 Å². The lowest BCUT2D eigenvalue weighted by Crippen LogP contribution is -2.34. The summed E-state index contributed by atoms with van der Waals surface area (Å²) >= 11 is 0. The standard InChI is InChI=1S/C14H26.C11H20.2C7H14.C6H12.C6H14.3C5H12/c1-12-4-6-14(7-5-12)10-8-13(2,3)9-11-14;1-10-4-8-11(9-5-10)6-2-3-7-11;1-7-5-3-2-4-6-7;1-2-7-5-3-4-6-7;1-6-4-2-3-5-6;1-5-6(2,3)4;2*1-5(2,3)4;1-4-5(2)3/h12H,4-11H2,1-3H3;10H,2-9H2,1H3;2*7H,2-6H2,1H3;6H,2-5H2,1H3;5H2,1-4H3;2*1-4H3;5H,4H2,1-3H3/i;;7D;2D2;6D;5D2;1D3;;4D2. The summed E-state index contributed by atoms with van der Waals surface area (Å²) in [5.74, 6) is 2.39. The van der Waals surface area contributed by atoms with Crippen LogP contribution in [0.5, 0.6) is 0 Å². The first-order valence-electron chi connectivity index (χ1n) is 34.3. The maximum absolute atomic E-state index is 7.63. The summed E-state index contributed by atoms with van der Waals surface area (Å²) in [6.45, 7) is 40.2. The molecule has 0 aromatic rings. The Morgan fingerprint density at radius 2 is 0.758 bits per heavy atom. The lowest BCUT2D eigenvalue weighted by atomic mass is 9.59. The van der Waals surface area contributed by atoms with Gasteiger partial charge in [-0.3, -0.25) is 0 Å². The van der Waals surface area contributed by atoms with Gasteiger partial charge in [-0.1, -0.05) is 293 Å². The van der Waals surface area contributed by atoms with Gasteiger partial charge in [0.2, 0.25) is 0 Å². The molecule has 2 spiro atoms. The first kappa shape index (κ1) is 49.6. The van der Waals surface area contributed by atoms with E-state index < -0.39 is 31.4 Å². The van der Waals surface area contributed by atoms with Crippen molar-refractivity contribution < 1.29 is 15.1 Å². The minimum absolute atomic E-state index is 0.0556. The van der Waals surface area contributed by atoms with Gasteiger partial charge in [0.15, 0.2) is 0 Å². The van der Waals surface area contributed by atoms with E-state index in [-0.39, 0.29) is 23.1 Å². The van der Waals surface area contributed by atoms with Gasteiger partial charge in [-0.25, -0.2) is 0 Å². The zero-order valence-electron chi connectivity index (χ0n) is 60.8. The zero-order chi connectivity index (χ0) is 60.8. The Morgan fingerprint density at radius 1 is 0.470 bits per heavy atom. The molecule has 0 radical (unpaired) electrons. The molecule has 7 fully saturated rings. The largest absolute Gasteiger partial charge is 0.0651 e. The molecule has 0 bridgehead atoms. The van der Waals surface area contributed by atoms with Crippen LogP contribution >= 0.6 is 0 Å². The second kappa shape index (κ2) is 36.0. The van der Waals surface area contributed by atoms with Gasteiger partial charge < -0.3 is 0 Å². The van der Waals surface area contributed by atoms with Crippen LogP contribution in [-0.2, 0) is 0 Å². The lowest BCUT2D eigenvalue weighted by molar-refractivity contribution is 0.0511. The highest BCUT2D eigenvalue weighted by Crippen LogP contribution is 2.53. The molecule has 7 aliphatic rings. The van der Waals surface area contributed by atoms with Crippen molar-refractivity contribution in [2.45, 2.75) is 358 Å². The summed E-state index contributed by atoms with van der Waals surface area (Å²) in [6.07, 6.45) is 37.0. The van der Waals surface area contributed by atoms with Crippen molar-refractivity contribution >= 4 is 0 Å². The van der Waals surface area contributed by atoms with Crippen LogP contribution in [0.15, 0.2) is 0 Å². The van der Waals surface area contributed by atoms with Gasteiger partial charge in [-0.2, -0.15) is 0 Å². The molecule has 0 N–H and O–H groups in total. The van der Waals surface area contributed by atoms with Crippen molar-refractivity contribution in [3.63, 3.8) is 0 Å². The van der Waals surface area contributed by atoms with Crippen LogP contribution in [-0.4, -0.2) is 0 Å². The van der Waals surface area contributed by atoms with Gasteiger partial charge in [0.1, 0.15) is 0 Å². The van der Waals surface area contributed by atoms with Crippen molar-refractivity contribution in [1.82, 2.24) is 0 Å². The smallest absolute Gasteiger partial charge is 0.0300 e. The molecule has 7 saturated carbocycles. The van der Waals surface area contributed by atoms with Crippen molar-refractivity contribution in [2.75, 3.05) is 0 Å². The third-order valence-electron chi connectivity index (χ3n) is 15.3. The molecule has 0 aliphatic heterocycles. The van der Waals surface area contributed by atoms with E-state index in [1.54, 1.807) is 67.2 Å². The molecule has 0 aromatic heterocycles. The summed E-state index contributed by atoms with van der Waals surface area (Å²) in [5, 5.41) is 0. The Balaban J connectivity index is 0. The van der Waals surface area contributed by atoms with Crippen molar-refractivity contribution in [2.24, 2.45) is 67.9 Å². The van der Waals surface area contributed by atoms with E-state index in [1.165, 1.54) is 122 Å². The Morgan fingerprint density at radius 3 is 0.985 bits per heavy atom. The normalized spacial score (nSPS) is 27.4. The molecule has 66 heavy (non-hydrogen) atoms. The molecule has 0 nitrogen and oxygen atoms in total. The number of rotatable bonds is 2. The molecule has 0 atom stereocenters. The Kier molecular flexibility index (Phi) is 27.0. The second-order valence-corrected chi connectivity index (χ2v) is 27.9. The second-order valence-electron chi connectivity index (χ2n) is 27.9. The molecular formula is C66H136. The van der Waals surface area contributed by atoms with E-state index in [4.69, 9.17) is 15.1 Å². The van der Waals surface area contributed by atoms with Crippen LogP contribution in [0.2, 0.25) is 0 Å². The third-order valence-corrected chi connectivity index (χ3v) is 15.3. The van der Waals surface area contributed by atoms with Crippen LogP contribution in [0, 0.1) is 67.9 Å². The van der Waals surface area contributed by atoms with Gasteiger partial charge in [0.05, 0.1) is 0 Å². The first-order chi connectivity index (χ1) is 34.3. The van der Waals surface area contributed by atoms with Crippen LogP contribution in [0.25, 0.3) is 0 Å². The van der Waals surface area contributed by atoms with E-state index in [2.05, 4.69) is 55.4 Å². The fourth-order valence-electron chi connectivity index (χ4n) is 9.68. The Labute approximate surface area is 439 Å². The molecule has 7 rings (SSSR count). The fourth-order valence-corrected chi connectivity index (χ4v) is 9.68. The maximum atomic E-state index is 7.63. The highest BCUT2D eigenvalue weighted by atomic mass is 14.5. The summed E-state index contributed by atoms with van der Waals surface area (Å²) in [5.41, 5.74) is 2.00. The molecule has 0 aromatic carbocycles. The summed E-state index contributed by atoms with van der Waals surface area (Å²) < 4.78 is 79.3. The first-order valence-corrected chi connectivity index (χ1v) is 28.8. The molecule has 0 heteroatoms. The molecule has 7 aliphatic carbocycles. The van der Waals surface area contributed by atoms with E-state index in [1.807, 2.05) is 48.5 Å². The summed E-state index contributed by atoms with van der Waals surface area (Å²) in [6, 6.07) is 0. The lowest BCUT2D eigenvalue weighted by Gasteiger charge is -2.47. The van der Waals surface area contributed by atoms with Gasteiger partial charge >= 0.3 is 0 Å². The number of hydrogen-bond acceptors (Lipinski definition) is 0. The molecule has 400 valence electrons. The highest BCUT2D eigenvalue weighted by molar-refractivity contribution is 4.92. The molecule has 0 amide bonds. The van der Waals surface area contributed by atoms with Crippen LogP contribution in [0.4, 0.5) is 0 Å². The van der Waals surface area contributed by atoms with E-state index in [0.29, 0.717) is 16.7 Å². The Hall–Kier alpha value is 0. The SMILES string of the molecule is CC(C)(C)C.CC1CCC2(CC1)CCC(C)(C)CC2.CC1CCC2(CCCC2)CC1.[2H]C([2H])(C)C(C)(C)C.[2H]C([2H])(C)C(C)C.[2H]C([2H])(C)C1CCCC1.[2H]C([2H])([2H])C(C)(C)C.[2H]C1(C)CCCC1.[2H]C1(C)CCCCC1. The van der Waals surface area contributed by atoms with Crippen LogP contribution in [0.1, 0.15) is 373 Å². The number of hydrogen-bond donors (Lipinski definition) is 0. The van der Waals surface area contributed by atoms with Gasteiger partial charge in [-0.15, -0.1) is 0 Å². The topological polar surface area (TPSA) is 0 Å². The van der Waals surface area contributed by atoms with Gasteiger partial charge in [0, 0.05) is 15.1 Å². The van der Waals surface area contributed by atoms with E-state index >= 15 is 0 Å². The monoisotopic (exact) mass is 940 g/mol. The predicted molar refractivity (Wildman–Crippen MR) is 308 cm³/mol. The highest BCUT2D eigenvalue weighted by Gasteiger charge is 2.40. The predicted octanol–water partition coefficient (Wildman–Crippen LogP) is 24.5. The summed E-state index contributed by atoms with van der Waals surface area (Å²) in [7, 11) is 0. The van der Waals surface area contributed by atoms with Crippen molar-refractivity contribution in [3.8, 4) is 0 Å². The Bertz CT molecular complexity index is 1390. The average molecular weight is 941 g/mol. The summed E-state index contributed by atoms with van der Waals surface area (Å²) in [4.78, 5) is 0. The van der Waals surface area contributed by atoms with Crippen LogP contribution < -0.4 is 0 Å². The minimum atomic E-state index is -1.81. The van der Waals surface area contributed by atoms with Crippen molar-refractivity contribution in [3.05, 3.63) is 0 Å². The third kappa shape index (κ3) is 44.0. The maximum Gasteiger partial charge on any atom is 0.0300 e. The van der Waals surface area contributed by atoms with Gasteiger partial charge in [0.25, 0.3) is 0 Å². The molecule has 0 saturated heterocycles. The minimum Gasteiger partial charge on any atom is -0.0651 e. The van der Waals surface area contributed by atoms with Crippen molar-refractivity contribution in [1.29, 1.82) is 0 Å². The molecule has 0 unspecified atom stereocenters. The molecule has 0 heterocycles. The quantitative estimate of drug-likeness (QED) is 0.259. The fraction of sp³-hybridized carbons (Fsp3) is 1.00. The zero-order valence-corrected chi connectivity index (χ0v) is 49.8.